The number of nitrogens with zero attached hydrogens (tertiary/aromatic N) is 2. The van der Waals surface area contributed by atoms with E-state index < -0.39 is 0 Å². The van der Waals surface area contributed by atoms with Gasteiger partial charge in [0.25, 0.3) is 0 Å². The van der Waals surface area contributed by atoms with Crippen molar-refractivity contribution < 1.29 is 0 Å². The zero-order valence-corrected chi connectivity index (χ0v) is 12.1. The number of aromatic nitrogens is 1. The number of amidine groups is 1. The van der Waals surface area contributed by atoms with Gasteiger partial charge in [0.1, 0.15) is 0 Å². The van der Waals surface area contributed by atoms with Gasteiger partial charge in [-0.15, -0.1) is 0 Å². The van der Waals surface area contributed by atoms with E-state index in [1.54, 1.807) is 0 Å². The van der Waals surface area contributed by atoms with Crippen LogP contribution in [0, 0.1) is 11.3 Å². The summed E-state index contributed by atoms with van der Waals surface area (Å²) in [7, 11) is 0. The van der Waals surface area contributed by atoms with Crippen molar-refractivity contribution in [1.82, 2.24) is 9.88 Å². The van der Waals surface area contributed by atoms with Crippen LogP contribution in [0.5, 0.6) is 0 Å². The van der Waals surface area contributed by atoms with E-state index in [0.29, 0.717) is 0 Å². The molecule has 4 heteroatoms. The summed E-state index contributed by atoms with van der Waals surface area (Å²) in [5.41, 5.74) is 7.85. The Bertz CT molecular complexity index is 589. The molecule has 0 amide bonds. The molecule has 1 atom stereocenters. The number of benzene rings is 1. The van der Waals surface area contributed by atoms with E-state index in [-0.39, 0.29) is 11.8 Å². The fourth-order valence-corrected chi connectivity index (χ4v) is 2.33. The van der Waals surface area contributed by atoms with E-state index in [2.05, 4.69) is 41.1 Å². The van der Waals surface area contributed by atoms with E-state index in [0.717, 1.165) is 25.2 Å². The SMILES string of the molecule is CCN(Cc1cccc2cccnc12)CC(C)C(=N)N. The zero-order chi connectivity index (χ0) is 14.5. The van der Waals surface area contributed by atoms with Crippen LogP contribution in [0.1, 0.15) is 19.4 Å². The van der Waals surface area contributed by atoms with Gasteiger partial charge in [-0.25, -0.2) is 0 Å². The van der Waals surface area contributed by atoms with Gasteiger partial charge >= 0.3 is 0 Å². The van der Waals surface area contributed by atoms with Gasteiger partial charge in [-0.2, -0.15) is 0 Å². The summed E-state index contributed by atoms with van der Waals surface area (Å²) in [6.45, 7) is 6.69. The Balaban J connectivity index is 2.19. The molecule has 0 aliphatic carbocycles. The van der Waals surface area contributed by atoms with Crippen molar-refractivity contribution in [3.63, 3.8) is 0 Å². The maximum absolute atomic E-state index is 7.52. The lowest BCUT2D eigenvalue weighted by molar-refractivity contribution is 0.264. The van der Waals surface area contributed by atoms with Gasteiger partial charge in [-0.05, 0) is 18.2 Å². The maximum Gasteiger partial charge on any atom is 0.0947 e. The summed E-state index contributed by atoms with van der Waals surface area (Å²) >= 11 is 0. The first kappa shape index (κ1) is 14.5. The van der Waals surface area contributed by atoms with Gasteiger partial charge in [0.15, 0.2) is 0 Å². The standard InChI is InChI=1S/C16H22N4/c1-3-20(10-12(2)16(17)18)11-14-7-4-6-13-8-5-9-19-15(13)14/h4-9,12H,3,10-11H2,1-2H3,(H3,17,18). The first-order valence-corrected chi connectivity index (χ1v) is 7.00. The molecular formula is C16H22N4. The molecule has 0 saturated carbocycles. The fraction of sp³-hybridized carbons (Fsp3) is 0.375. The van der Waals surface area contributed by atoms with Crippen molar-refractivity contribution >= 4 is 16.7 Å². The molecule has 0 aliphatic heterocycles. The Morgan fingerprint density at radius 3 is 2.80 bits per heavy atom. The average Bonchev–Trinajstić information content (AvgIpc) is 2.46. The van der Waals surface area contributed by atoms with Crippen LogP contribution in [0.15, 0.2) is 36.5 Å². The fourth-order valence-electron chi connectivity index (χ4n) is 2.33. The molecule has 2 aromatic rings. The van der Waals surface area contributed by atoms with E-state index in [1.807, 2.05) is 19.2 Å². The van der Waals surface area contributed by atoms with Crippen LogP contribution < -0.4 is 5.73 Å². The first-order chi connectivity index (χ1) is 9.61. The topological polar surface area (TPSA) is 66.0 Å². The summed E-state index contributed by atoms with van der Waals surface area (Å²) in [5, 5.41) is 8.69. The second-order valence-corrected chi connectivity index (χ2v) is 5.18. The Morgan fingerprint density at radius 2 is 2.10 bits per heavy atom. The van der Waals surface area contributed by atoms with Gasteiger partial charge in [0.2, 0.25) is 0 Å². The summed E-state index contributed by atoms with van der Waals surface area (Å²) in [6.07, 6.45) is 1.83. The normalized spacial score (nSPS) is 12.8. The van der Waals surface area contributed by atoms with E-state index in [9.17, 15) is 0 Å². The Labute approximate surface area is 120 Å². The molecule has 1 aromatic carbocycles. The second-order valence-electron chi connectivity index (χ2n) is 5.18. The number of rotatable bonds is 6. The van der Waals surface area contributed by atoms with Crippen molar-refractivity contribution in [2.75, 3.05) is 13.1 Å². The van der Waals surface area contributed by atoms with Crippen molar-refractivity contribution in [2.45, 2.75) is 20.4 Å². The molecule has 0 saturated heterocycles. The van der Waals surface area contributed by atoms with E-state index >= 15 is 0 Å². The van der Waals surface area contributed by atoms with Gasteiger partial charge < -0.3 is 5.73 Å². The summed E-state index contributed by atoms with van der Waals surface area (Å²) in [5.74, 6) is 0.331. The predicted molar refractivity (Wildman–Crippen MR) is 83.8 cm³/mol. The minimum atomic E-state index is 0.0814. The van der Waals surface area contributed by atoms with Crippen molar-refractivity contribution in [1.29, 1.82) is 5.41 Å². The number of hydrogen-bond donors (Lipinski definition) is 2. The van der Waals surface area contributed by atoms with Crippen LogP contribution in [0.25, 0.3) is 10.9 Å². The Kier molecular flexibility index (Phi) is 4.69. The van der Waals surface area contributed by atoms with Crippen molar-refractivity contribution in [3.05, 3.63) is 42.1 Å². The van der Waals surface area contributed by atoms with Gasteiger partial charge in [-0.3, -0.25) is 15.3 Å². The van der Waals surface area contributed by atoms with Gasteiger partial charge in [0, 0.05) is 30.6 Å². The van der Waals surface area contributed by atoms with Crippen molar-refractivity contribution in [3.8, 4) is 0 Å². The quantitative estimate of drug-likeness (QED) is 0.626. The summed E-state index contributed by atoms with van der Waals surface area (Å²) in [6, 6.07) is 10.3. The largest absolute Gasteiger partial charge is 0.387 e. The molecule has 0 bridgehead atoms. The molecule has 106 valence electrons. The summed E-state index contributed by atoms with van der Waals surface area (Å²) < 4.78 is 0. The number of hydrogen-bond acceptors (Lipinski definition) is 3. The molecule has 0 radical (unpaired) electrons. The monoisotopic (exact) mass is 270 g/mol. The lowest BCUT2D eigenvalue weighted by atomic mass is 10.1. The van der Waals surface area contributed by atoms with E-state index in [1.165, 1.54) is 10.9 Å². The highest BCUT2D eigenvalue weighted by Gasteiger charge is 2.13. The average molecular weight is 270 g/mol. The number of nitrogens with one attached hydrogen (secondary N) is 1. The number of nitrogens with two attached hydrogens (primary N) is 1. The predicted octanol–water partition coefficient (Wildman–Crippen LogP) is 2.63. The lowest BCUT2D eigenvalue weighted by Crippen LogP contribution is -2.34. The van der Waals surface area contributed by atoms with Crippen LogP contribution in [0.3, 0.4) is 0 Å². The van der Waals surface area contributed by atoms with Crippen LogP contribution in [-0.2, 0) is 6.54 Å². The molecule has 0 spiro atoms. The Hall–Kier alpha value is -1.94. The van der Waals surface area contributed by atoms with Crippen LogP contribution >= 0.6 is 0 Å². The number of para-hydroxylation sites is 1. The minimum absolute atomic E-state index is 0.0814. The molecule has 0 fully saturated rings. The highest BCUT2D eigenvalue weighted by molar-refractivity contribution is 5.81. The number of pyridine rings is 1. The van der Waals surface area contributed by atoms with Crippen LogP contribution in [0.2, 0.25) is 0 Å². The molecule has 3 N–H and O–H groups in total. The molecular weight excluding hydrogens is 248 g/mol. The Morgan fingerprint density at radius 1 is 1.35 bits per heavy atom. The third kappa shape index (κ3) is 3.33. The molecule has 2 rings (SSSR count). The van der Waals surface area contributed by atoms with Crippen LogP contribution in [0.4, 0.5) is 0 Å². The highest BCUT2D eigenvalue weighted by atomic mass is 15.1. The molecule has 4 nitrogen and oxygen atoms in total. The third-order valence-corrected chi connectivity index (χ3v) is 3.62. The van der Waals surface area contributed by atoms with Crippen molar-refractivity contribution in [2.24, 2.45) is 11.7 Å². The van der Waals surface area contributed by atoms with Crippen LogP contribution in [-0.4, -0.2) is 28.8 Å². The zero-order valence-electron chi connectivity index (χ0n) is 12.1. The molecule has 1 unspecified atom stereocenters. The minimum Gasteiger partial charge on any atom is -0.387 e. The first-order valence-electron chi connectivity index (χ1n) is 7.00. The molecule has 0 aliphatic rings. The maximum atomic E-state index is 7.52. The summed E-state index contributed by atoms with van der Waals surface area (Å²) in [4.78, 5) is 6.79. The van der Waals surface area contributed by atoms with Gasteiger partial charge in [0.05, 0.1) is 11.4 Å². The molecule has 1 heterocycles. The second kappa shape index (κ2) is 6.48. The third-order valence-electron chi connectivity index (χ3n) is 3.62. The lowest BCUT2D eigenvalue weighted by Gasteiger charge is -2.24. The smallest absolute Gasteiger partial charge is 0.0947 e. The molecule has 1 aromatic heterocycles. The van der Waals surface area contributed by atoms with E-state index in [4.69, 9.17) is 11.1 Å². The van der Waals surface area contributed by atoms with Gasteiger partial charge in [-0.1, -0.05) is 38.1 Å². The molecule has 20 heavy (non-hydrogen) atoms. The number of fused-ring (bicyclic) bond motifs is 1. The highest BCUT2D eigenvalue weighted by Crippen LogP contribution is 2.18.